The second-order valence-corrected chi connectivity index (χ2v) is 2.72. The van der Waals surface area contributed by atoms with E-state index in [1.165, 1.54) is 5.82 Å². The maximum atomic E-state index is 5.13. The van der Waals surface area contributed by atoms with Gasteiger partial charge in [0.15, 0.2) is 0 Å². The van der Waals surface area contributed by atoms with Crippen molar-refractivity contribution in [3.63, 3.8) is 0 Å². The van der Waals surface area contributed by atoms with Gasteiger partial charge in [-0.15, -0.1) is 0 Å². The highest BCUT2D eigenvalue weighted by Crippen LogP contribution is 1.96. The van der Waals surface area contributed by atoms with Crippen LogP contribution in [0.3, 0.4) is 0 Å². The van der Waals surface area contributed by atoms with E-state index in [1.807, 2.05) is 0 Å². The van der Waals surface area contributed by atoms with Crippen molar-refractivity contribution < 1.29 is 9.30 Å². The van der Waals surface area contributed by atoms with Crippen molar-refractivity contribution in [2.75, 3.05) is 7.11 Å². The van der Waals surface area contributed by atoms with Gasteiger partial charge < -0.3 is 4.74 Å². The van der Waals surface area contributed by atoms with Gasteiger partial charge in [0, 0.05) is 7.11 Å². The zero-order valence-electron chi connectivity index (χ0n) is 8.08. The number of aromatic nitrogens is 2. The van der Waals surface area contributed by atoms with Crippen LogP contribution in [0.25, 0.3) is 0 Å². The summed E-state index contributed by atoms with van der Waals surface area (Å²) < 4.78 is 9.53. The maximum absolute atomic E-state index is 5.13. The Balaban J connectivity index is 2.90. The first-order chi connectivity index (χ1) is 5.83. The summed E-state index contributed by atoms with van der Waals surface area (Å²) in [5, 5.41) is 0. The number of ether oxygens (including phenoxy) is 1. The van der Waals surface area contributed by atoms with Gasteiger partial charge >= 0.3 is 0 Å². The lowest BCUT2D eigenvalue weighted by molar-refractivity contribution is -0.702. The Morgan fingerprint density at radius 1 is 1.50 bits per heavy atom. The van der Waals surface area contributed by atoms with Crippen LogP contribution in [-0.4, -0.2) is 11.7 Å². The minimum Gasteiger partial charge on any atom is -0.372 e. The van der Waals surface area contributed by atoms with E-state index >= 15 is 0 Å². The first-order valence-electron chi connectivity index (χ1n) is 4.39. The average Bonchev–Trinajstić information content (AvgIpc) is 2.48. The quantitative estimate of drug-likeness (QED) is 0.614. The van der Waals surface area contributed by atoms with Gasteiger partial charge in [0.1, 0.15) is 19.0 Å². The smallest absolute Gasteiger partial charge is 0.282 e. The van der Waals surface area contributed by atoms with Crippen molar-refractivity contribution in [2.24, 2.45) is 0 Å². The van der Waals surface area contributed by atoms with Crippen LogP contribution < -0.4 is 4.57 Å². The van der Waals surface area contributed by atoms with Crippen LogP contribution in [0.2, 0.25) is 0 Å². The molecule has 0 fully saturated rings. The molecule has 0 saturated carbocycles. The fourth-order valence-corrected chi connectivity index (χ4v) is 1.37. The van der Waals surface area contributed by atoms with Crippen molar-refractivity contribution >= 4 is 0 Å². The predicted octanol–water partition coefficient (Wildman–Crippen LogP) is 0.962. The van der Waals surface area contributed by atoms with Crippen molar-refractivity contribution in [3.8, 4) is 0 Å². The molecular weight excluding hydrogens is 152 g/mol. The predicted molar refractivity (Wildman–Crippen MR) is 46.7 cm³/mol. The molecule has 0 aliphatic rings. The number of hydrogen-bond acceptors (Lipinski definition) is 1. The molecule has 0 aromatic carbocycles. The first-order valence-corrected chi connectivity index (χ1v) is 4.39. The second-order valence-electron chi connectivity index (χ2n) is 2.72. The molecule has 0 atom stereocenters. The summed E-state index contributed by atoms with van der Waals surface area (Å²) in [6.07, 6.45) is 4.19. The van der Waals surface area contributed by atoms with E-state index in [2.05, 4.69) is 35.4 Å². The summed E-state index contributed by atoms with van der Waals surface area (Å²) in [5.74, 6) is 1.24. The molecule has 0 spiro atoms. The Bertz CT molecular complexity index is 221. The van der Waals surface area contributed by atoms with Crippen LogP contribution in [-0.2, 0) is 24.4 Å². The molecule has 0 unspecified atom stereocenters. The summed E-state index contributed by atoms with van der Waals surface area (Å²) in [4.78, 5) is 0. The van der Waals surface area contributed by atoms with E-state index in [9.17, 15) is 0 Å². The summed E-state index contributed by atoms with van der Waals surface area (Å²) >= 11 is 0. The number of rotatable bonds is 4. The fraction of sp³-hybridized carbons (Fsp3) is 0.667. The molecule has 0 bridgehead atoms. The van der Waals surface area contributed by atoms with E-state index in [0.29, 0.717) is 6.61 Å². The lowest BCUT2D eigenvalue weighted by Crippen LogP contribution is -2.36. The second kappa shape index (κ2) is 4.26. The van der Waals surface area contributed by atoms with Crippen molar-refractivity contribution in [1.29, 1.82) is 0 Å². The number of methoxy groups -OCH3 is 1. The summed E-state index contributed by atoms with van der Waals surface area (Å²) in [7, 11) is 1.73. The molecule has 0 saturated heterocycles. The van der Waals surface area contributed by atoms with E-state index < -0.39 is 0 Å². The molecule has 3 heteroatoms. The molecule has 1 aromatic heterocycles. The van der Waals surface area contributed by atoms with Gasteiger partial charge in [-0.05, 0) is 13.8 Å². The highest BCUT2D eigenvalue weighted by Gasteiger charge is 2.13. The van der Waals surface area contributed by atoms with Crippen LogP contribution in [0.5, 0.6) is 0 Å². The highest BCUT2D eigenvalue weighted by molar-refractivity contribution is 4.80. The Hall–Kier alpha value is -0.830. The van der Waals surface area contributed by atoms with E-state index in [-0.39, 0.29) is 0 Å². The van der Waals surface area contributed by atoms with Crippen molar-refractivity contribution in [1.82, 2.24) is 4.57 Å². The molecule has 0 N–H and O–H groups in total. The van der Waals surface area contributed by atoms with Crippen LogP contribution >= 0.6 is 0 Å². The highest BCUT2D eigenvalue weighted by atomic mass is 16.5. The van der Waals surface area contributed by atoms with Gasteiger partial charge in [-0.1, -0.05) is 0 Å². The topological polar surface area (TPSA) is 18.0 Å². The third kappa shape index (κ3) is 1.67. The molecular formula is C9H17N2O+. The summed E-state index contributed by atoms with van der Waals surface area (Å²) in [6.45, 7) is 6.98. The van der Waals surface area contributed by atoms with Crippen molar-refractivity contribution in [3.05, 3.63) is 18.2 Å². The van der Waals surface area contributed by atoms with E-state index in [1.54, 1.807) is 7.11 Å². The van der Waals surface area contributed by atoms with Gasteiger partial charge in [-0.3, -0.25) is 0 Å². The van der Waals surface area contributed by atoms with Crippen LogP contribution in [0, 0.1) is 0 Å². The lowest BCUT2D eigenvalue weighted by Gasteiger charge is -1.99. The number of aryl methyl sites for hydroxylation is 2. The average molecular weight is 169 g/mol. The van der Waals surface area contributed by atoms with Gasteiger partial charge in [-0.2, -0.15) is 0 Å². The molecule has 1 rings (SSSR count). The Kier molecular flexibility index (Phi) is 3.29. The largest absolute Gasteiger partial charge is 0.372 e. The molecule has 1 heterocycles. The number of imidazole rings is 1. The fourth-order valence-electron chi connectivity index (χ4n) is 1.37. The molecule has 1 aromatic rings. The molecule has 3 nitrogen and oxygen atoms in total. The Labute approximate surface area is 73.6 Å². The molecule has 68 valence electrons. The maximum Gasteiger partial charge on any atom is 0.282 e. The van der Waals surface area contributed by atoms with Crippen LogP contribution in [0.15, 0.2) is 12.4 Å². The van der Waals surface area contributed by atoms with Gasteiger partial charge in [0.25, 0.3) is 5.82 Å². The number of nitrogens with zero attached hydrogens (tertiary/aromatic N) is 2. The monoisotopic (exact) mass is 169 g/mol. The van der Waals surface area contributed by atoms with Crippen LogP contribution in [0.1, 0.15) is 19.7 Å². The molecule has 0 radical (unpaired) electrons. The Morgan fingerprint density at radius 2 is 2.25 bits per heavy atom. The first kappa shape index (κ1) is 9.26. The third-order valence-electron chi connectivity index (χ3n) is 2.04. The standard InChI is InChI=1S/C9H17N2O/c1-4-10-6-7-11(5-2)9(10)8-12-3/h6-7H,4-5,8H2,1-3H3/q+1. The zero-order chi connectivity index (χ0) is 8.97. The van der Waals surface area contributed by atoms with Gasteiger partial charge in [-0.25, -0.2) is 9.13 Å². The molecule has 0 amide bonds. The van der Waals surface area contributed by atoms with Gasteiger partial charge in [0.05, 0.1) is 13.1 Å². The van der Waals surface area contributed by atoms with Crippen molar-refractivity contribution in [2.45, 2.75) is 33.5 Å². The van der Waals surface area contributed by atoms with Crippen LogP contribution in [0.4, 0.5) is 0 Å². The number of hydrogen-bond donors (Lipinski definition) is 0. The zero-order valence-corrected chi connectivity index (χ0v) is 8.08. The molecule has 0 aliphatic heterocycles. The third-order valence-corrected chi connectivity index (χ3v) is 2.04. The van der Waals surface area contributed by atoms with E-state index in [4.69, 9.17) is 4.74 Å². The minimum atomic E-state index is 0.689. The minimum absolute atomic E-state index is 0.689. The van der Waals surface area contributed by atoms with E-state index in [0.717, 1.165) is 13.1 Å². The van der Waals surface area contributed by atoms with Gasteiger partial charge in [0.2, 0.25) is 0 Å². The lowest BCUT2D eigenvalue weighted by atomic mass is 10.5. The normalized spacial score (nSPS) is 10.6. The Morgan fingerprint density at radius 3 is 2.75 bits per heavy atom. The molecule has 0 aliphatic carbocycles. The summed E-state index contributed by atoms with van der Waals surface area (Å²) in [6, 6.07) is 0. The molecule has 12 heavy (non-hydrogen) atoms. The SMILES string of the molecule is CCn1cc[n+](CC)c1COC. The summed E-state index contributed by atoms with van der Waals surface area (Å²) in [5.41, 5.74) is 0.